The summed E-state index contributed by atoms with van der Waals surface area (Å²) in [5.41, 5.74) is 5.95. The van der Waals surface area contributed by atoms with Crippen molar-refractivity contribution in [1.82, 2.24) is 4.98 Å². The molecule has 0 saturated heterocycles. The number of pyridine rings is 1. The van der Waals surface area contributed by atoms with Gasteiger partial charge in [0.15, 0.2) is 0 Å². The summed E-state index contributed by atoms with van der Waals surface area (Å²) in [6, 6.07) is 11.2. The molecular formula is C26H27N3O2. The highest BCUT2D eigenvalue weighted by Crippen LogP contribution is 2.51. The normalized spacial score (nSPS) is 23.8. The van der Waals surface area contributed by atoms with Crippen molar-refractivity contribution in [2.24, 2.45) is 10.9 Å². The maximum atomic E-state index is 11.9. The summed E-state index contributed by atoms with van der Waals surface area (Å²) in [6.07, 6.45) is 11.9. The first kappa shape index (κ1) is 20.8. The van der Waals surface area contributed by atoms with E-state index in [1.54, 1.807) is 6.07 Å². The second-order valence-corrected chi connectivity index (χ2v) is 8.26. The molecule has 0 spiro atoms. The van der Waals surface area contributed by atoms with Crippen LogP contribution in [0.2, 0.25) is 0 Å². The van der Waals surface area contributed by atoms with Gasteiger partial charge in [-0.25, -0.2) is 0 Å². The van der Waals surface area contributed by atoms with Crippen LogP contribution in [0.15, 0.2) is 75.6 Å². The molecule has 2 aliphatic carbocycles. The van der Waals surface area contributed by atoms with Gasteiger partial charge in [-0.3, -0.25) is 14.6 Å². The largest absolute Gasteiger partial charge is 0.326 e. The Kier molecular flexibility index (Phi) is 5.59. The van der Waals surface area contributed by atoms with Crippen LogP contribution in [0.4, 0.5) is 5.69 Å². The summed E-state index contributed by atoms with van der Waals surface area (Å²) in [6.45, 7) is 5.73. The molecule has 2 aliphatic rings. The van der Waals surface area contributed by atoms with E-state index in [0.717, 1.165) is 35.3 Å². The molecule has 1 aromatic carbocycles. The van der Waals surface area contributed by atoms with Crippen molar-refractivity contribution < 1.29 is 4.79 Å². The van der Waals surface area contributed by atoms with Gasteiger partial charge in [0.25, 0.3) is 0 Å². The van der Waals surface area contributed by atoms with E-state index in [4.69, 9.17) is 4.99 Å². The number of hydrogen-bond acceptors (Lipinski definition) is 3. The van der Waals surface area contributed by atoms with Crippen molar-refractivity contribution in [2.75, 3.05) is 5.32 Å². The summed E-state index contributed by atoms with van der Waals surface area (Å²) >= 11 is 0. The number of H-pyrrole nitrogens is 1. The molecule has 2 bridgehead atoms. The molecule has 0 aliphatic heterocycles. The maximum absolute atomic E-state index is 11.9. The summed E-state index contributed by atoms with van der Waals surface area (Å²) in [5.74, 6) is 0.172. The van der Waals surface area contributed by atoms with E-state index in [-0.39, 0.29) is 17.4 Å². The van der Waals surface area contributed by atoms with Crippen LogP contribution in [0.5, 0.6) is 0 Å². The summed E-state index contributed by atoms with van der Waals surface area (Å²) in [7, 11) is 0. The Bertz CT molecular complexity index is 1180. The van der Waals surface area contributed by atoms with Gasteiger partial charge in [-0.15, -0.1) is 0 Å². The number of benzene rings is 1. The smallest absolute Gasteiger partial charge is 0.248 e. The Balaban J connectivity index is 1.66. The van der Waals surface area contributed by atoms with E-state index < -0.39 is 5.54 Å². The number of fused-ring (bicyclic) bond motifs is 4. The average Bonchev–Trinajstić information content (AvgIpc) is 2.71. The van der Waals surface area contributed by atoms with Crippen molar-refractivity contribution in [3.8, 4) is 0 Å². The zero-order valence-electron chi connectivity index (χ0n) is 18.1. The molecule has 0 radical (unpaired) electrons. The van der Waals surface area contributed by atoms with E-state index in [9.17, 15) is 9.59 Å². The number of carbonyl (C=O) groups is 1. The number of aromatic amines is 1. The number of allylic oxidation sites excluding steroid dienone is 3. The number of carbonyl (C=O) groups excluding carboxylic acids is 1. The topological polar surface area (TPSA) is 74.3 Å². The van der Waals surface area contributed by atoms with Gasteiger partial charge in [-0.1, -0.05) is 35.9 Å². The number of anilines is 1. The van der Waals surface area contributed by atoms with Crippen LogP contribution in [-0.2, 0) is 16.8 Å². The molecule has 0 fully saturated rings. The second kappa shape index (κ2) is 8.34. The molecule has 4 rings (SSSR count). The second-order valence-electron chi connectivity index (χ2n) is 8.26. The fraction of sp³-hybridized carbons (Fsp3) is 0.269. The minimum absolute atomic E-state index is 0.0665. The van der Waals surface area contributed by atoms with Crippen molar-refractivity contribution in [3.05, 3.63) is 92.9 Å². The number of aromatic nitrogens is 1. The molecule has 1 amide bonds. The number of nitrogens with zero attached hydrogens (tertiary/aromatic N) is 1. The zero-order valence-corrected chi connectivity index (χ0v) is 18.1. The number of amides is 1. The molecule has 5 nitrogen and oxygen atoms in total. The highest BCUT2D eigenvalue weighted by Gasteiger charge is 2.46. The van der Waals surface area contributed by atoms with E-state index in [0.29, 0.717) is 0 Å². The highest BCUT2D eigenvalue weighted by atomic mass is 16.1. The quantitative estimate of drug-likeness (QED) is 0.559. The van der Waals surface area contributed by atoms with Crippen LogP contribution in [0, 0.1) is 5.92 Å². The first-order valence-electron chi connectivity index (χ1n) is 10.6. The number of aliphatic imine (C=N–C) groups is 1. The van der Waals surface area contributed by atoms with E-state index >= 15 is 0 Å². The molecule has 2 N–H and O–H groups in total. The summed E-state index contributed by atoms with van der Waals surface area (Å²) < 4.78 is 0. The Morgan fingerprint density at radius 3 is 2.71 bits per heavy atom. The van der Waals surface area contributed by atoms with Gasteiger partial charge < -0.3 is 10.3 Å². The minimum atomic E-state index is -0.477. The Morgan fingerprint density at radius 1 is 1.23 bits per heavy atom. The Labute approximate surface area is 182 Å². The summed E-state index contributed by atoms with van der Waals surface area (Å²) in [4.78, 5) is 31.2. The van der Waals surface area contributed by atoms with Gasteiger partial charge >= 0.3 is 0 Å². The van der Waals surface area contributed by atoms with E-state index in [1.165, 1.54) is 18.1 Å². The fourth-order valence-corrected chi connectivity index (χ4v) is 4.86. The van der Waals surface area contributed by atoms with Crippen LogP contribution < -0.4 is 10.9 Å². The van der Waals surface area contributed by atoms with Gasteiger partial charge in [0.05, 0.1) is 0 Å². The molecule has 1 aromatic heterocycles. The molecule has 1 heterocycles. The monoisotopic (exact) mass is 413 g/mol. The number of rotatable bonds is 4. The third kappa shape index (κ3) is 4.08. The predicted molar refractivity (Wildman–Crippen MR) is 126 cm³/mol. The van der Waals surface area contributed by atoms with Crippen molar-refractivity contribution in [1.29, 1.82) is 0 Å². The lowest BCUT2D eigenvalue weighted by Gasteiger charge is -2.45. The molecule has 2 atom stereocenters. The van der Waals surface area contributed by atoms with Gasteiger partial charge in [-0.05, 0) is 55.7 Å². The van der Waals surface area contributed by atoms with Gasteiger partial charge in [0.1, 0.15) is 5.54 Å². The minimum Gasteiger partial charge on any atom is -0.326 e. The lowest BCUT2D eigenvalue weighted by molar-refractivity contribution is -0.114. The van der Waals surface area contributed by atoms with Crippen LogP contribution in [-0.4, -0.2) is 17.1 Å². The van der Waals surface area contributed by atoms with Crippen molar-refractivity contribution in [2.45, 2.75) is 39.2 Å². The Morgan fingerprint density at radius 2 is 2.00 bits per heavy atom. The first-order valence-corrected chi connectivity index (χ1v) is 10.6. The average molecular weight is 414 g/mol. The third-order valence-corrected chi connectivity index (χ3v) is 5.98. The third-order valence-electron chi connectivity index (χ3n) is 5.98. The molecule has 5 heteroatoms. The van der Waals surface area contributed by atoms with Crippen molar-refractivity contribution >= 4 is 23.9 Å². The predicted octanol–water partition coefficient (Wildman–Crippen LogP) is 4.78. The van der Waals surface area contributed by atoms with Crippen LogP contribution in [0.1, 0.15) is 44.0 Å². The lowest BCUT2D eigenvalue weighted by Crippen LogP contribution is -2.40. The van der Waals surface area contributed by atoms with E-state index in [2.05, 4.69) is 36.3 Å². The summed E-state index contributed by atoms with van der Waals surface area (Å²) in [5, 5.41) is 2.77. The van der Waals surface area contributed by atoms with Crippen molar-refractivity contribution in [3.63, 3.8) is 0 Å². The number of nitrogens with one attached hydrogen (secondary N) is 2. The van der Waals surface area contributed by atoms with Crippen LogP contribution >= 0.6 is 0 Å². The highest BCUT2D eigenvalue weighted by molar-refractivity contribution is 5.88. The van der Waals surface area contributed by atoms with Gasteiger partial charge in [0, 0.05) is 48.5 Å². The zero-order chi connectivity index (χ0) is 22.0. The Hall–Kier alpha value is -3.47. The molecule has 158 valence electrons. The fourth-order valence-electron chi connectivity index (χ4n) is 4.86. The standard InChI is InChI=1S/C26H27N3O2/c1-4-22-20-14-17(2)16-26(22,23-11-12-25(31)29-24(23)15-20)27-13-5-6-19-7-9-21(10-8-19)28-18(3)30/h4-14,20H,15-16H2,1-3H3,(H,28,30)(H,29,31)/t20-,26+/m0/s1. The molecule has 31 heavy (non-hydrogen) atoms. The molecule has 2 aromatic rings. The first-order chi connectivity index (χ1) is 14.9. The lowest BCUT2D eigenvalue weighted by atomic mass is 9.63. The molecular weight excluding hydrogens is 386 g/mol. The van der Waals surface area contributed by atoms with Gasteiger partial charge in [-0.2, -0.15) is 0 Å². The van der Waals surface area contributed by atoms with Crippen LogP contribution in [0.25, 0.3) is 6.08 Å². The maximum Gasteiger partial charge on any atom is 0.248 e. The van der Waals surface area contributed by atoms with E-state index in [1.807, 2.05) is 48.7 Å². The SMILES string of the molecule is CC=C1[C@H]2C=C(C)C[C@]1(N=CC=Cc1ccc(NC(C)=O)cc1)c1ccc(=O)[nH]c1C2. The van der Waals surface area contributed by atoms with Crippen LogP contribution in [0.3, 0.4) is 0 Å². The molecule has 0 unspecified atom stereocenters. The molecule has 0 saturated carbocycles. The van der Waals surface area contributed by atoms with Gasteiger partial charge in [0.2, 0.25) is 11.5 Å². The number of hydrogen-bond donors (Lipinski definition) is 2.